The molecule has 0 saturated carbocycles. The summed E-state index contributed by atoms with van der Waals surface area (Å²) in [6.45, 7) is 7.56. The largest absolute Gasteiger partial charge is 0.479 e. The molecule has 0 saturated heterocycles. The zero-order valence-electron chi connectivity index (χ0n) is 13.4. The number of carboxylic acid groups (broad SMARTS) is 1. The molecule has 1 aromatic rings. The Morgan fingerprint density at radius 1 is 1.14 bits per heavy atom. The van der Waals surface area contributed by atoms with Gasteiger partial charge in [0.25, 0.3) is 0 Å². The van der Waals surface area contributed by atoms with Crippen LogP contribution >= 0.6 is 0 Å². The molecule has 0 radical (unpaired) electrons. The fourth-order valence-corrected chi connectivity index (χ4v) is 2.11. The molecule has 0 fully saturated rings. The Bertz CT molecular complexity index is 441. The van der Waals surface area contributed by atoms with Gasteiger partial charge in [-0.2, -0.15) is 0 Å². The summed E-state index contributed by atoms with van der Waals surface area (Å²) in [6.07, 6.45) is 2.52. The van der Waals surface area contributed by atoms with Gasteiger partial charge in [0, 0.05) is 0 Å². The van der Waals surface area contributed by atoms with Crippen LogP contribution in [0.25, 0.3) is 0 Å². The third-order valence-corrected chi connectivity index (χ3v) is 3.77. The molecule has 0 aromatic heterocycles. The third-order valence-electron chi connectivity index (χ3n) is 3.77. The maximum atomic E-state index is 11.6. The topological polar surface area (TPSA) is 55.8 Å². The van der Waals surface area contributed by atoms with Gasteiger partial charge in [0.2, 0.25) is 0 Å². The maximum absolute atomic E-state index is 11.6. The highest BCUT2D eigenvalue weighted by Gasteiger charge is 2.41. The number of carboxylic acids is 1. The van der Waals surface area contributed by atoms with Crippen molar-refractivity contribution < 1.29 is 19.7 Å². The molecular weight excluding hydrogens is 268 g/mol. The van der Waals surface area contributed by atoms with E-state index in [4.69, 9.17) is 9.78 Å². The first kappa shape index (κ1) is 17.7. The summed E-state index contributed by atoms with van der Waals surface area (Å²) in [4.78, 5) is 22.6. The fourth-order valence-electron chi connectivity index (χ4n) is 2.11. The zero-order valence-corrected chi connectivity index (χ0v) is 13.4. The molecule has 1 N–H and O–H groups in total. The van der Waals surface area contributed by atoms with Gasteiger partial charge < -0.3 is 5.11 Å². The van der Waals surface area contributed by atoms with Crippen LogP contribution in [0.4, 0.5) is 0 Å². The van der Waals surface area contributed by atoms with Crippen molar-refractivity contribution in [3.8, 4) is 0 Å². The number of benzene rings is 1. The Labute approximate surface area is 127 Å². The van der Waals surface area contributed by atoms with Crippen LogP contribution in [0.1, 0.15) is 58.9 Å². The van der Waals surface area contributed by atoms with Crippen LogP contribution in [0.2, 0.25) is 0 Å². The van der Waals surface area contributed by atoms with E-state index in [9.17, 15) is 9.90 Å². The van der Waals surface area contributed by atoms with E-state index in [0.29, 0.717) is 12.8 Å². The molecule has 1 aromatic carbocycles. The van der Waals surface area contributed by atoms with Crippen LogP contribution in [0.5, 0.6) is 0 Å². The molecule has 118 valence electrons. The van der Waals surface area contributed by atoms with Crippen LogP contribution in [0.3, 0.4) is 0 Å². The first-order valence-corrected chi connectivity index (χ1v) is 7.53. The van der Waals surface area contributed by atoms with E-state index < -0.39 is 17.2 Å². The highest BCUT2D eigenvalue weighted by atomic mass is 17.2. The summed E-state index contributed by atoms with van der Waals surface area (Å²) in [6, 6.07) is 9.63. The Morgan fingerprint density at radius 3 is 2.24 bits per heavy atom. The van der Waals surface area contributed by atoms with E-state index in [-0.39, 0.29) is 0 Å². The number of unbranched alkanes of at least 4 members (excludes halogenated alkanes) is 1. The number of aliphatic carboxylic acids is 1. The minimum atomic E-state index is -1.28. The SMILES string of the molecule is CCCCC(CC)(OOC(C)(C)c1ccccc1)C(=O)O. The van der Waals surface area contributed by atoms with Gasteiger partial charge in [-0.05, 0) is 32.3 Å². The summed E-state index contributed by atoms with van der Waals surface area (Å²) in [5.41, 5.74) is -1.04. The van der Waals surface area contributed by atoms with Gasteiger partial charge in [0.05, 0.1) is 0 Å². The Kier molecular flexibility index (Phi) is 6.37. The summed E-state index contributed by atoms with van der Waals surface area (Å²) in [5.74, 6) is -0.970. The number of hydrogen-bond donors (Lipinski definition) is 1. The first-order valence-electron chi connectivity index (χ1n) is 7.53. The molecule has 21 heavy (non-hydrogen) atoms. The van der Waals surface area contributed by atoms with Crippen LogP contribution in [0.15, 0.2) is 30.3 Å². The number of hydrogen-bond acceptors (Lipinski definition) is 3. The van der Waals surface area contributed by atoms with Crippen LogP contribution in [-0.4, -0.2) is 16.7 Å². The molecule has 0 heterocycles. The predicted molar refractivity (Wildman–Crippen MR) is 81.8 cm³/mol. The van der Waals surface area contributed by atoms with Crippen molar-refractivity contribution in [1.29, 1.82) is 0 Å². The van der Waals surface area contributed by atoms with Crippen LogP contribution < -0.4 is 0 Å². The zero-order chi connectivity index (χ0) is 15.9. The van der Waals surface area contributed by atoms with Gasteiger partial charge in [-0.15, -0.1) is 0 Å². The lowest BCUT2D eigenvalue weighted by Crippen LogP contribution is -2.43. The van der Waals surface area contributed by atoms with E-state index in [1.54, 1.807) is 0 Å². The minimum Gasteiger partial charge on any atom is -0.479 e. The molecule has 0 amide bonds. The average molecular weight is 294 g/mol. The van der Waals surface area contributed by atoms with Crippen molar-refractivity contribution in [1.82, 2.24) is 0 Å². The fraction of sp³-hybridized carbons (Fsp3) is 0.588. The van der Waals surface area contributed by atoms with E-state index in [1.807, 2.05) is 58.0 Å². The Balaban J connectivity index is 2.83. The molecule has 1 unspecified atom stereocenters. The monoisotopic (exact) mass is 294 g/mol. The van der Waals surface area contributed by atoms with Crippen molar-refractivity contribution in [3.05, 3.63) is 35.9 Å². The van der Waals surface area contributed by atoms with Gasteiger partial charge >= 0.3 is 5.97 Å². The molecule has 4 heteroatoms. The van der Waals surface area contributed by atoms with Gasteiger partial charge in [0.15, 0.2) is 5.60 Å². The highest BCUT2D eigenvalue weighted by Crippen LogP contribution is 2.31. The smallest absolute Gasteiger partial charge is 0.339 e. The lowest BCUT2D eigenvalue weighted by atomic mass is 9.94. The lowest BCUT2D eigenvalue weighted by molar-refractivity contribution is -0.406. The van der Waals surface area contributed by atoms with E-state index in [1.165, 1.54) is 0 Å². The summed E-state index contributed by atoms with van der Waals surface area (Å²) in [5, 5.41) is 9.51. The molecule has 0 aliphatic heterocycles. The van der Waals surface area contributed by atoms with Crippen molar-refractivity contribution in [3.63, 3.8) is 0 Å². The lowest BCUT2D eigenvalue weighted by Gasteiger charge is -2.32. The molecular formula is C17H26O4. The quantitative estimate of drug-likeness (QED) is 0.545. The Morgan fingerprint density at radius 2 is 1.76 bits per heavy atom. The third kappa shape index (κ3) is 4.55. The second-order valence-electron chi connectivity index (χ2n) is 5.80. The van der Waals surface area contributed by atoms with Crippen LogP contribution in [-0.2, 0) is 20.2 Å². The summed E-state index contributed by atoms with van der Waals surface area (Å²) >= 11 is 0. The van der Waals surface area contributed by atoms with Gasteiger partial charge in [-0.3, -0.25) is 0 Å². The maximum Gasteiger partial charge on any atom is 0.339 e. The normalized spacial score (nSPS) is 14.7. The van der Waals surface area contributed by atoms with Gasteiger partial charge in [-0.1, -0.05) is 57.0 Å². The standard InChI is InChI=1S/C17H26O4/c1-5-7-13-17(6-2,15(18)19)21-20-16(3,4)14-11-9-8-10-12-14/h8-12H,5-7,13H2,1-4H3,(H,18,19). The van der Waals surface area contributed by atoms with Gasteiger partial charge in [-0.25, -0.2) is 14.6 Å². The number of rotatable bonds is 9. The highest BCUT2D eigenvalue weighted by molar-refractivity contribution is 5.77. The second-order valence-corrected chi connectivity index (χ2v) is 5.80. The Hall–Kier alpha value is -1.39. The van der Waals surface area contributed by atoms with Crippen molar-refractivity contribution in [2.24, 2.45) is 0 Å². The summed E-state index contributed by atoms with van der Waals surface area (Å²) in [7, 11) is 0. The molecule has 1 rings (SSSR count). The van der Waals surface area contributed by atoms with Crippen molar-refractivity contribution in [2.45, 2.75) is 64.6 Å². The van der Waals surface area contributed by atoms with Crippen LogP contribution in [0, 0.1) is 0 Å². The van der Waals surface area contributed by atoms with Crippen molar-refractivity contribution in [2.75, 3.05) is 0 Å². The predicted octanol–water partition coefficient (Wildman–Crippen LogP) is 4.29. The molecule has 0 bridgehead atoms. The minimum absolute atomic E-state index is 0.368. The van der Waals surface area contributed by atoms with E-state index >= 15 is 0 Å². The van der Waals surface area contributed by atoms with Gasteiger partial charge in [0.1, 0.15) is 5.60 Å². The molecule has 0 aliphatic rings. The summed E-state index contributed by atoms with van der Waals surface area (Å²) < 4.78 is 0. The van der Waals surface area contributed by atoms with Crippen molar-refractivity contribution >= 4 is 5.97 Å². The second kappa shape index (κ2) is 7.57. The van der Waals surface area contributed by atoms with E-state index in [2.05, 4.69) is 0 Å². The number of carbonyl (C=O) groups is 1. The molecule has 1 atom stereocenters. The molecule has 0 aliphatic carbocycles. The average Bonchev–Trinajstić information content (AvgIpc) is 2.48. The van der Waals surface area contributed by atoms with E-state index in [0.717, 1.165) is 18.4 Å². The molecule has 0 spiro atoms. The first-order chi connectivity index (χ1) is 9.88. The molecule has 4 nitrogen and oxygen atoms in total.